The number of rotatable bonds is 4. The summed E-state index contributed by atoms with van der Waals surface area (Å²) in [5.41, 5.74) is 0. The van der Waals surface area contributed by atoms with Crippen molar-refractivity contribution < 1.29 is 14.3 Å². The van der Waals surface area contributed by atoms with Crippen LogP contribution in [0.4, 0.5) is 0 Å². The summed E-state index contributed by atoms with van der Waals surface area (Å²) in [5.74, 6) is -0.0322. The highest BCUT2D eigenvalue weighted by Crippen LogP contribution is 1.86. The number of hydrogen-bond acceptors (Lipinski definition) is 3. The van der Waals surface area contributed by atoms with Gasteiger partial charge in [-0.15, -0.1) is 0 Å². The average molecular weight is 149 g/mol. The number of carbonyl (C=O) groups excluding carboxylic acids is 1. The first kappa shape index (κ1) is 8.78. The van der Waals surface area contributed by atoms with Crippen LogP contribution in [0.1, 0.15) is 6.42 Å². The fourth-order valence-corrected chi connectivity index (χ4v) is 0.434. The van der Waals surface area contributed by atoms with E-state index in [9.17, 15) is 4.79 Å². The molecule has 0 N–H and O–H groups in total. The molecule has 0 saturated heterocycles. The predicted octanol–water partition coefficient (Wildman–Crippen LogP) is 0.721. The molecule has 0 amide bonds. The van der Waals surface area contributed by atoms with Crippen molar-refractivity contribution in [3.8, 4) is 0 Å². The first-order chi connectivity index (χ1) is 4.31. The van der Waals surface area contributed by atoms with Gasteiger partial charge < -0.3 is 9.47 Å². The van der Waals surface area contributed by atoms with Crippen molar-refractivity contribution in [2.24, 2.45) is 0 Å². The third kappa shape index (κ3) is 5.65. The maximum Gasteiger partial charge on any atom is 0.307 e. The van der Waals surface area contributed by atoms with Crippen LogP contribution in [0.3, 0.4) is 0 Å². The maximum absolute atomic E-state index is 10.4. The van der Waals surface area contributed by atoms with Gasteiger partial charge in [0.15, 0.2) is 0 Å². The van der Waals surface area contributed by atoms with E-state index in [2.05, 4.69) is 17.4 Å². The monoisotopic (exact) mass is 149 g/mol. The lowest BCUT2D eigenvalue weighted by atomic mass is 10.5. The minimum Gasteiger partial charge on any atom is -0.469 e. The molecule has 9 heavy (non-hydrogen) atoms. The Morgan fingerprint density at radius 3 is 2.78 bits per heavy atom. The Bertz CT molecular complexity index is 84.3. The van der Waals surface area contributed by atoms with Gasteiger partial charge in [-0.25, -0.2) is 0 Å². The van der Waals surface area contributed by atoms with Gasteiger partial charge in [0.1, 0.15) is 5.94 Å². The van der Waals surface area contributed by atoms with Crippen LogP contribution in [0.25, 0.3) is 0 Å². The van der Waals surface area contributed by atoms with Crippen molar-refractivity contribution in [1.29, 1.82) is 0 Å². The zero-order valence-corrected chi connectivity index (χ0v) is 6.07. The Labute approximate surface area is 59.7 Å². The summed E-state index contributed by atoms with van der Waals surface area (Å²) in [4.78, 5) is 10.4. The van der Waals surface area contributed by atoms with E-state index in [1.165, 1.54) is 7.11 Å². The second kappa shape index (κ2) is 5.91. The Morgan fingerprint density at radius 2 is 2.33 bits per heavy atom. The SMILES string of the molecule is COC(=O)CCOC[S]. The van der Waals surface area contributed by atoms with Gasteiger partial charge in [-0.1, -0.05) is 12.6 Å². The summed E-state index contributed by atoms with van der Waals surface area (Å²) >= 11 is 4.47. The van der Waals surface area contributed by atoms with Gasteiger partial charge in [-0.3, -0.25) is 4.79 Å². The van der Waals surface area contributed by atoms with E-state index in [1.807, 2.05) is 0 Å². The largest absolute Gasteiger partial charge is 0.469 e. The standard InChI is InChI=1S/C5H9O3S/c1-7-5(6)2-3-8-4-9/h2-4H2,1H3. The first-order valence-electron chi connectivity index (χ1n) is 2.54. The molecule has 3 nitrogen and oxygen atoms in total. The van der Waals surface area contributed by atoms with Crippen molar-refractivity contribution >= 4 is 18.6 Å². The van der Waals surface area contributed by atoms with Crippen molar-refractivity contribution in [2.45, 2.75) is 6.42 Å². The molecule has 4 heteroatoms. The van der Waals surface area contributed by atoms with Crippen LogP contribution < -0.4 is 0 Å². The summed E-state index contributed by atoms with van der Waals surface area (Å²) < 4.78 is 9.06. The molecule has 53 valence electrons. The minimum absolute atomic E-state index is 0.233. The highest BCUT2D eigenvalue weighted by Gasteiger charge is 1.97. The molecule has 0 bridgehead atoms. The molecule has 0 fully saturated rings. The highest BCUT2D eigenvalue weighted by atomic mass is 32.1. The van der Waals surface area contributed by atoms with Crippen LogP contribution in [0.2, 0.25) is 0 Å². The topological polar surface area (TPSA) is 35.5 Å². The Morgan fingerprint density at radius 1 is 1.67 bits per heavy atom. The van der Waals surface area contributed by atoms with Gasteiger partial charge in [-0.05, 0) is 0 Å². The molecule has 0 atom stereocenters. The Hall–Kier alpha value is -0.220. The van der Waals surface area contributed by atoms with Crippen LogP contribution in [0.5, 0.6) is 0 Å². The molecule has 0 aromatic heterocycles. The molecule has 1 radical (unpaired) electrons. The van der Waals surface area contributed by atoms with Gasteiger partial charge in [-0.2, -0.15) is 0 Å². The lowest BCUT2D eigenvalue weighted by Crippen LogP contribution is -2.04. The van der Waals surface area contributed by atoms with E-state index in [0.29, 0.717) is 6.61 Å². The van der Waals surface area contributed by atoms with E-state index in [0.717, 1.165) is 0 Å². The number of carbonyl (C=O) groups is 1. The lowest BCUT2D eigenvalue weighted by molar-refractivity contribution is -0.141. The maximum atomic E-state index is 10.4. The van der Waals surface area contributed by atoms with Crippen molar-refractivity contribution in [3.63, 3.8) is 0 Å². The molecule has 0 saturated carbocycles. The van der Waals surface area contributed by atoms with E-state index in [4.69, 9.17) is 4.74 Å². The summed E-state index contributed by atoms with van der Waals surface area (Å²) in [5, 5.41) is 0. The molecule has 0 aromatic carbocycles. The number of methoxy groups -OCH3 is 1. The molecule has 0 aliphatic heterocycles. The third-order valence-electron chi connectivity index (χ3n) is 0.762. The van der Waals surface area contributed by atoms with Gasteiger partial charge in [0.25, 0.3) is 0 Å². The van der Waals surface area contributed by atoms with Crippen molar-refractivity contribution in [1.82, 2.24) is 0 Å². The second-order valence-electron chi connectivity index (χ2n) is 1.35. The molecule has 0 unspecified atom stereocenters. The van der Waals surface area contributed by atoms with Crippen LogP contribution in [-0.4, -0.2) is 25.6 Å². The quantitative estimate of drug-likeness (QED) is 0.436. The highest BCUT2D eigenvalue weighted by molar-refractivity contribution is 7.80. The normalized spacial score (nSPS) is 9.11. The van der Waals surface area contributed by atoms with Crippen molar-refractivity contribution in [2.75, 3.05) is 19.7 Å². The molecule has 0 spiro atoms. The Kier molecular flexibility index (Phi) is 5.76. The molecule has 0 heterocycles. The number of esters is 1. The average Bonchev–Trinajstić information content (AvgIpc) is 1.89. The van der Waals surface area contributed by atoms with Gasteiger partial charge in [0.2, 0.25) is 0 Å². The molecule has 0 aromatic rings. The molecular weight excluding hydrogens is 140 g/mol. The van der Waals surface area contributed by atoms with Crippen LogP contribution in [0, 0.1) is 0 Å². The zero-order chi connectivity index (χ0) is 7.11. The molecule has 0 aliphatic rings. The number of hydrogen-bond donors (Lipinski definition) is 0. The molecular formula is C5H9O3S. The molecule has 0 aliphatic carbocycles. The third-order valence-corrected chi connectivity index (χ3v) is 0.928. The van der Waals surface area contributed by atoms with E-state index < -0.39 is 0 Å². The summed E-state index contributed by atoms with van der Waals surface area (Å²) in [6.07, 6.45) is 0.285. The molecule has 0 rings (SSSR count). The summed E-state index contributed by atoms with van der Waals surface area (Å²) in [6.45, 7) is 0.357. The van der Waals surface area contributed by atoms with Gasteiger partial charge >= 0.3 is 5.97 Å². The second-order valence-corrected chi connectivity index (χ2v) is 1.59. The van der Waals surface area contributed by atoms with Crippen LogP contribution in [-0.2, 0) is 14.3 Å². The van der Waals surface area contributed by atoms with E-state index in [1.54, 1.807) is 0 Å². The summed E-state index contributed by atoms with van der Waals surface area (Å²) in [7, 11) is 1.34. The van der Waals surface area contributed by atoms with Crippen LogP contribution >= 0.6 is 12.6 Å². The fourth-order valence-electron chi connectivity index (χ4n) is 0.316. The van der Waals surface area contributed by atoms with Gasteiger partial charge in [0.05, 0.1) is 20.1 Å². The smallest absolute Gasteiger partial charge is 0.307 e. The fraction of sp³-hybridized carbons (Fsp3) is 0.800. The summed E-state index contributed by atoms with van der Waals surface area (Å²) in [6, 6.07) is 0. The van der Waals surface area contributed by atoms with E-state index in [-0.39, 0.29) is 18.3 Å². The lowest BCUT2D eigenvalue weighted by Gasteiger charge is -1.97. The number of ether oxygens (including phenoxy) is 2. The van der Waals surface area contributed by atoms with E-state index >= 15 is 0 Å². The predicted molar refractivity (Wildman–Crippen MR) is 35.0 cm³/mol. The van der Waals surface area contributed by atoms with Gasteiger partial charge in [0, 0.05) is 0 Å². The van der Waals surface area contributed by atoms with Crippen LogP contribution in [0.15, 0.2) is 0 Å². The minimum atomic E-state index is -0.265. The zero-order valence-electron chi connectivity index (χ0n) is 5.25. The van der Waals surface area contributed by atoms with Crippen molar-refractivity contribution in [3.05, 3.63) is 0 Å². The first-order valence-corrected chi connectivity index (χ1v) is 3.11. The Balaban J connectivity index is 2.97.